The highest BCUT2D eigenvalue weighted by Crippen LogP contribution is 2.11. The Morgan fingerprint density at radius 2 is 2.00 bits per heavy atom. The normalized spacial score (nSPS) is 15.6. The molecule has 3 N–H and O–H groups in total. The molecule has 1 atom stereocenters. The van der Waals surface area contributed by atoms with Crippen LogP contribution in [0.5, 0.6) is 0 Å². The average molecular weight is 199 g/mol. The summed E-state index contributed by atoms with van der Waals surface area (Å²) < 4.78 is 0. The van der Waals surface area contributed by atoms with Gasteiger partial charge in [-0.2, -0.15) is 0 Å². The van der Waals surface area contributed by atoms with Gasteiger partial charge < -0.3 is 10.8 Å². The molecule has 0 aromatic heterocycles. The summed E-state index contributed by atoms with van der Waals surface area (Å²) in [6, 6.07) is 0. The van der Waals surface area contributed by atoms with Crippen LogP contribution in [-0.4, -0.2) is 16.6 Å². The minimum atomic E-state index is -1.07. The first-order valence-electron chi connectivity index (χ1n) is 5.18. The van der Waals surface area contributed by atoms with Crippen molar-refractivity contribution in [2.75, 3.05) is 0 Å². The van der Waals surface area contributed by atoms with E-state index in [-0.39, 0.29) is 0 Å². The van der Waals surface area contributed by atoms with Gasteiger partial charge in [0, 0.05) is 0 Å². The lowest BCUT2D eigenvalue weighted by Gasteiger charge is -2.17. The van der Waals surface area contributed by atoms with Gasteiger partial charge in [0.05, 0.1) is 0 Å². The van der Waals surface area contributed by atoms with Crippen molar-refractivity contribution in [3.63, 3.8) is 0 Å². The van der Waals surface area contributed by atoms with E-state index in [0.29, 0.717) is 6.42 Å². The molecule has 0 amide bonds. The Labute approximate surface area is 86.0 Å². The molecular formula is C11H21NO2. The first kappa shape index (κ1) is 13.2. The zero-order valence-electron chi connectivity index (χ0n) is 9.12. The van der Waals surface area contributed by atoms with Crippen LogP contribution in [0.15, 0.2) is 12.2 Å². The third-order valence-electron chi connectivity index (χ3n) is 2.18. The molecule has 0 aliphatic carbocycles. The van der Waals surface area contributed by atoms with Crippen molar-refractivity contribution in [2.24, 2.45) is 5.73 Å². The van der Waals surface area contributed by atoms with Crippen LogP contribution in [0.25, 0.3) is 0 Å². The van der Waals surface area contributed by atoms with Gasteiger partial charge in [-0.1, -0.05) is 25.5 Å². The van der Waals surface area contributed by atoms with Crippen molar-refractivity contribution in [3.8, 4) is 0 Å². The highest BCUT2D eigenvalue weighted by molar-refractivity contribution is 5.77. The molecule has 0 aliphatic rings. The van der Waals surface area contributed by atoms with Gasteiger partial charge in [-0.3, -0.25) is 4.79 Å². The first-order chi connectivity index (χ1) is 6.50. The molecule has 0 radical (unpaired) electrons. The third-order valence-corrected chi connectivity index (χ3v) is 2.18. The molecule has 14 heavy (non-hydrogen) atoms. The second-order valence-corrected chi connectivity index (χ2v) is 3.87. The summed E-state index contributed by atoms with van der Waals surface area (Å²) in [5.41, 5.74) is 4.51. The number of carboxylic acids is 1. The fourth-order valence-electron chi connectivity index (χ4n) is 1.10. The van der Waals surface area contributed by atoms with Crippen LogP contribution in [0, 0.1) is 0 Å². The Kier molecular flexibility index (Phi) is 6.21. The molecule has 0 saturated heterocycles. The minimum absolute atomic E-state index is 0.527. The molecule has 0 fully saturated rings. The van der Waals surface area contributed by atoms with Crippen LogP contribution in [0.2, 0.25) is 0 Å². The number of nitrogens with two attached hydrogens (primary N) is 1. The van der Waals surface area contributed by atoms with Crippen molar-refractivity contribution in [1.29, 1.82) is 0 Å². The summed E-state index contributed by atoms with van der Waals surface area (Å²) in [5.74, 6) is -0.921. The quantitative estimate of drug-likeness (QED) is 0.488. The summed E-state index contributed by atoms with van der Waals surface area (Å²) in [7, 11) is 0. The summed E-state index contributed by atoms with van der Waals surface area (Å²) in [5, 5.41) is 8.74. The van der Waals surface area contributed by atoms with Gasteiger partial charge in [-0.05, 0) is 32.6 Å². The zero-order valence-corrected chi connectivity index (χ0v) is 9.12. The van der Waals surface area contributed by atoms with Gasteiger partial charge in [0.25, 0.3) is 0 Å². The van der Waals surface area contributed by atoms with Gasteiger partial charge in [0.1, 0.15) is 5.54 Å². The Morgan fingerprint density at radius 3 is 2.50 bits per heavy atom. The van der Waals surface area contributed by atoms with E-state index >= 15 is 0 Å². The fourth-order valence-corrected chi connectivity index (χ4v) is 1.10. The van der Waals surface area contributed by atoms with Crippen LogP contribution < -0.4 is 5.73 Å². The molecule has 0 heterocycles. The van der Waals surface area contributed by atoms with E-state index in [4.69, 9.17) is 10.8 Å². The van der Waals surface area contributed by atoms with E-state index in [2.05, 4.69) is 19.1 Å². The fraction of sp³-hybridized carbons (Fsp3) is 0.727. The van der Waals surface area contributed by atoms with E-state index in [1.54, 1.807) is 6.92 Å². The molecule has 0 spiro atoms. The van der Waals surface area contributed by atoms with Crippen LogP contribution in [0.1, 0.15) is 46.0 Å². The second kappa shape index (κ2) is 6.60. The number of carbonyl (C=O) groups is 1. The third kappa shape index (κ3) is 5.75. The van der Waals surface area contributed by atoms with Gasteiger partial charge in [0.2, 0.25) is 0 Å². The number of allylic oxidation sites excluding steroid dienone is 2. The predicted octanol–water partition coefficient (Wildman–Crippen LogP) is 2.31. The highest BCUT2D eigenvalue weighted by Gasteiger charge is 2.26. The van der Waals surface area contributed by atoms with Crippen LogP contribution in [0.3, 0.4) is 0 Å². The summed E-state index contributed by atoms with van der Waals surface area (Å²) in [6.07, 6.45) is 8.76. The summed E-state index contributed by atoms with van der Waals surface area (Å²) in [4.78, 5) is 10.6. The van der Waals surface area contributed by atoms with Crippen LogP contribution >= 0.6 is 0 Å². The van der Waals surface area contributed by atoms with Crippen molar-refractivity contribution < 1.29 is 9.90 Å². The van der Waals surface area contributed by atoms with Gasteiger partial charge in [-0.15, -0.1) is 0 Å². The smallest absolute Gasteiger partial charge is 0.323 e. The molecule has 0 aromatic rings. The molecule has 0 unspecified atom stereocenters. The topological polar surface area (TPSA) is 63.3 Å². The number of aliphatic carboxylic acids is 1. The molecule has 3 nitrogen and oxygen atoms in total. The van der Waals surface area contributed by atoms with Crippen molar-refractivity contribution in [2.45, 2.75) is 51.5 Å². The van der Waals surface area contributed by atoms with E-state index in [9.17, 15) is 4.79 Å². The lowest BCUT2D eigenvalue weighted by atomic mass is 9.96. The Morgan fingerprint density at radius 1 is 1.43 bits per heavy atom. The summed E-state index contributed by atoms with van der Waals surface area (Å²) >= 11 is 0. The number of carboxylic acid groups (broad SMARTS) is 1. The van der Waals surface area contributed by atoms with Gasteiger partial charge in [-0.25, -0.2) is 0 Å². The average Bonchev–Trinajstić information content (AvgIpc) is 2.10. The molecule has 0 saturated carbocycles. The van der Waals surface area contributed by atoms with E-state index in [1.807, 2.05) is 0 Å². The molecule has 82 valence electrons. The maximum atomic E-state index is 10.6. The lowest BCUT2D eigenvalue weighted by molar-refractivity contribution is -0.142. The number of hydrogen-bond acceptors (Lipinski definition) is 2. The van der Waals surface area contributed by atoms with E-state index in [0.717, 1.165) is 25.7 Å². The number of rotatable bonds is 7. The first-order valence-corrected chi connectivity index (χ1v) is 5.18. The molecule has 3 heteroatoms. The van der Waals surface area contributed by atoms with E-state index in [1.165, 1.54) is 0 Å². The largest absolute Gasteiger partial charge is 0.480 e. The molecular weight excluding hydrogens is 178 g/mol. The number of hydrogen-bond donors (Lipinski definition) is 2. The van der Waals surface area contributed by atoms with Crippen LogP contribution in [0.4, 0.5) is 0 Å². The minimum Gasteiger partial charge on any atom is -0.480 e. The van der Waals surface area contributed by atoms with E-state index < -0.39 is 11.5 Å². The SMILES string of the molecule is CCC/C=C/CCC[C@@](C)(N)C(=O)O. The number of unbranched alkanes of at least 4 members (excludes halogenated alkanes) is 2. The van der Waals surface area contributed by atoms with Gasteiger partial charge >= 0.3 is 5.97 Å². The summed E-state index contributed by atoms with van der Waals surface area (Å²) in [6.45, 7) is 3.69. The molecule has 0 rings (SSSR count). The standard InChI is InChI=1S/C11H21NO2/c1-3-4-5-6-7-8-9-11(2,12)10(13)14/h5-6H,3-4,7-9,12H2,1-2H3,(H,13,14)/b6-5+/t11-/m1/s1. The van der Waals surface area contributed by atoms with Crippen molar-refractivity contribution in [1.82, 2.24) is 0 Å². The lowest BCUT2D eigenvalue weighted by Crippen LogP contribution is -2.44. The van der Waals surface area contributed by atoms with Crippen molar-refractivity contribution >= 4 is 5.97 Å². The molecule has 0 aromatic carbocycles. The maximum Gasteiger partial charge on any atom is 0.323 e. The Bertz CT molecular complexity index is 197. The predicted molar refractivity (Wildman–Crippen MR) is 58.1 cm³/mol. The maximum absolute atomic E-state index is 10.6. The van der Waals surface area contributed by atoms with Gasteiger partial charge in [0.15, 0.2) is 0 Å². The Hall–Kier alpha value is -0.830. The second-order valence-electron chi connectivity index (χ2n) is 3.87. The Balaban J connectivity index is 3.59. The van der Waals surface area contributed by atoms with Crippen molar-refractivity contribution in [3.05, 3.63) is 12.2 Å². The monoisotopic (exact) mass is 199 g/mol. The molecule has 0 bridgehead atoms. The highest BCUT2D eigenvalue weighted by atomic mass is 16.4. The molecule has 0 aliphatic heterocycles. The van der Waals surface area contributed by atoms with Crippen LogP contribution in [-0.2, 0) is 4.79 Å². The zero-order chi connectivity index (χ0) is 11.0.